The van der Waals surface area contributed by atoms with E-state index in [1.165, 1.54) is 0 Å². The molecule has 0 amide bonds. The summed E-state index contributed by atoms with van der Waals surface area (Å²) in [7, 11) is 5.19. The van der Waals surface area contributed by atoms with E-state index in [0.29, 0.717) is 13.2 Å². The molecule has 0 bridgehead atoms. The monoisotopic (exact) mass is 330 g/mol. The van der Waals surface area contributed by atoms with Gasteiger partial charge in [-0.25, -0.2) is 9.97 Å². The third-order valence-electron chi connectivity index (χ3n) is 3.95. The molecular weight excluding hydrogens is 308 g/mol. The van der Waals surface area contributed by atoms with E-state index in [9.17, 15) is 0 Å². The van der Waals surface area contributed by atoms with Gasteiger partial charge in [0, 0.05) is 32.2 Å². The van der Waals surface area contributed by atoms with Gasteiger partial charge in [0.1, 0.15) is 23.1 Å². The highest BCUT2D eigenvalue weighted by atomic mass is 16.7. The number of methoxy groups -OCH3 is 2. The first-order valence-corrected chi connectivity index (χ1v) is 7.83. The molecule has 0 saturated carbocycles. The topological polar surface area (TPSA) is 72.5 Å². The first kappa shape index (κ1) is 16.5. The Labute approximate surface area is 140 Å². The molecule has 24 heavy (non-hydrogen) atoms. The zero-order valence-corrected chi connectivity index (χ0v) is 14.4. The van der Waals surface area contributed by atoms with E-state index in [4.69, 9.17) is 14.2 Å². The lowest BCUT2D eigenvalue weighted by Crippen LogP contribution is -2.32. The van der Waals surface area contributed by atoms with Crippen LogP contribution in [-0.4, -0.2) is 55.7 Å². The maximum atomic E-state index is 5.59. The Morgan fingerprint density at radius 2 is 2.00 bits per heavy atom. The number of H-pyrrole nitrogens is 1. The fourth-order valence-electron chi connectivity index (χ4n) is 2.76. The summed E-state index contributed by atoms with van der Waals surface area (Å²) >= 11 is 0. The van der Waals surface area contributed by atoms with Gasteiger partial charge in [0.05, 0.1) is 13.2 Å². The second kappa shape index (κ2) is 7.02. The molecule has 7 nitrogen and oxygen atoms in total. The standard InChI is InChI=1S/C17H22N4O3/c1-5-24-11-6-7-13-12(8-11)15-16(20-13)17(19-10-18-15)21(2)9-14(22-3)23-4/h6-8,10,14,20H,5,9H2,1-4H3. The van der Waals surface area contributed by atoms with Crippen LogP contribution in [0, 0.1) is 0 Å². The van der Waals surface area contributed by atoms with Gasteiger partial charge in [-0.15, -0.1) is 0 Å². The van der Waals surface area contributed by atoms with Crippen molar-refractivity contribution < 1.29 is 14.2 Å². The first-order valence-electron chi connectivity index (χ1n) is 7.83. The van der Waals surface area contributed by atoms with Gasteiger partial charge in [-0.05, 0) is 25.1 Å². The molecule has 0 aliphatic carbocycles. The molecule has 0 unspecified atom stereocenters. The zero-order chi connectivity index (χ0) is 17.1. The van der Waals surface area contributed by atoms with Crippen molar-refractivity contribution in [2.45, 2.75) is 13.2 Å². The van der Waals surface area contributed by atoms with E-state index in [1.54, 1.807) is 20.5 Å². The molecule has 2 heterocycles. The van der Waals surface area contributed by atoms with Gasteiger partial charge in [-0.3, -0.25) is 0 Å². The molecule has 0 atom stereocenters. The van der Waals surface area contributed by atoms with Gasteiger partial charge in [-0.1, -0.05) is 0 Å². The molecule has 0 spiro atoms. The minimum Gasteiger partial charge on any atom is -0.494 e. The normalized spacial score (nSPS) is 11.5. The Morgan fingerprint density at radius 3 is 2.71 bits per heavy atom. The van der Waals surface area contributed by atoms with Crippen molar-refractivity contribution in [1.82, 2.24) is 15.0 Å². The highest BCUT2D eigenvalue weighted by Crippen LogP contribution is 2.31. The average molecular weight is 330 g/mol. The van der Waals surface area contributed by atoms with Crippen molar-refractivity contribution in [2.24, 2.45) is 0 Å². The van der Waals surface area contributed by atoms with Crippen molar-refractivity contribution in [1.29, 1.82) is 0 Å². The van der Waals surface area contributed by atoms with Gasteiger partial charge in [0.2, 0.25) is 0 Å². The smallest absolute Gasteiger partial charge is 0.174 e. The summed E-state index contributed by atoms with van der Waals surface area (Å²) in [6.45, 7) is 3.15. The van der Waals surface area contributed by atoms with Crippen molar-refractivity contribution in [3.8, 4) is 5.75 Å². The van der Waals surface area contributed by atoms with Gasteiger partial charge in [0.25, 0.3) is 0 Å². The third-order valence-corrected chi connectivity index (χ3v) is 3.95. The van der Waals surface area contributed by atoms with Gasteiger partial charge in [-0.2, -0.15) is 0 Å². The predicted molar refractivity (Wildman–Crippen MR) is 93.6 cm³/mol. The number of rotatable bonds is 7. The number of anilines is 1. The Hall–Kier alpha value is -2.38. The molecule has 0 aliphatic rings. The summed E-state index contributed by atoms with van der Waals surface area (Å²) in [5.41, 5.74) is 2.75. The molecule has 1 aromatic carbocycles. The third kappa shape index (κ3) is 3.00. The minimum atomic E-state index is -0.325. The van der Waals surface area contributed by atoms with Crippen LogP contribution in [-0.2, 0) is 9.47 Å². The molecular formula is C17H22N4O3. The van der Waals surface area contributed by atoms with Crippen LogP contribution in [0.5, 0.6) is 5.75 Å². The number of hydrogen-bond acceptors (Lipinski definition) is 6. The Bertz CT molecular complexity index is 829. The lowest BCUT2D eigenvalue weighted by Gasteiger charge is -2.23. The van der Waals surface area contributed by atoms with Crippen LogP contribution in [0.15, 0.2) is 24.5 Å². The van der Waals surface area contributed by atoms with Crippen LogP contribution < -0.4 is 9.64 Å². The fraction of sp³-hybridized carbons (Fsp3) is 0.412. The first-order chi connectivity index (χ1) is 11.7. The van der Waals surface area contributed by atoms with E-state index in [1.807, 2.05) is 37.1 Å². The molecule has 0 aliphatic heterocycles. The van der Waals surface area contributed by atoms with E-state index < -0.39 is 0 Å². The summed E-state index contributed by atoms with van der Waals surface area (Å²) in [6, 6.07) is 5.95. The number of aromatic amines is 1. The molecule has 2 aromatic heterocycles. The predicted octanol–water partition coefficient (Wildman–Crippen LogP) is 2.56. The highest BCUT2D eigenvalue weighted by Gasteiger charge is 2.17. The molecule has 7 heteroatoms. The summed E-state index contributed by atoms with van der Waals surface area (Å²) in [5.74, 6) is 1.63. The number of hydrogen-bond donors (Lipinski definition) is 1. The molecule has 3 rings (SSSR count). The number of aromatic nitrogens is 3. The Balaban J connectivity index is 2.05. The van der Waals surface area contributed by atoms with E-state index in [-0.39, 0.29) is 6.29 Å². The number of benzene rings is 1. The van der Waals surface area contributed by atoms with Crippen molar-refractivity contribution in [2.75, 3.05) is 39.3 Å². The van der Waals surface area contributed by atoms with Gasteiger partial charge < -0.3 is 24.1 Å². The number of nitrogens with zero attached hydrogens (tertiary/aromatic N) is 3. The van der Waals surface area contributed by atoms with Crippen LogP contribution in [0.2, 0.25) is 0 Å². The van der Waals surface area contributed by atoms with Crippen LogP contribution in [0.3, 0.4) is 0 Å². The Kier molecular flexibility index (Phi) is 4.82. The van der Waals surface area contributed by atoms with Crippen LogP contribution in [0.4, 0.5) is 5.82 Å². The number of fused-ring (bicyclic) bond motifs is 3. The van der Waals surface area contributed by atoms with E-state index in [0.717, 1.165) is 33.5 Å². The van der Waals surface area contributed by atoms with E-state index in [2.05, 4.69) is 15.0 Å². The maximum Gasteiger partial charge on any atom is 0.174 e. The minimum absolute atomic E-state index is 0.325. The largest absolute Gasteiger partial charge is 0.494 e. The molecule has 128 valence electrons. The Morgan fingerprint density at radius 1 is 1.21 bits per heavy atom. The summed E-state index contributed by atoms with van der Waals surface area (Å²) < 4.78 is 16.1. The average Bonchev–Trinajstić information content (AvgIpc) is 2.97. The molecule has 3 aromatic rings. The highest BCUT2D eigenvalue weighted by molar-refractivity contribution is 6.08. The second-order valence-corrected chi connectivity index (χ2v) is 5.47. The number of likely N-dealkylation sites (N-methyl/N-ethyl adjacent to an activating group) is 1. The van der Waals surface area contributed by atoms with E-state index >= 15 is 0 Å². The molecule has 0 fully saturated rings. The zero-order valence-electron chi connectivity index (χ0n) is 14.4. The molecule has 1 N–H and O–H groups in total. The van der Waals surface area contributed by atoms with Gasteiger partial charge >= 0.3 is 0 Å². The molecule has 0 radical (unpaired) electrons. The summed E-state index contributed by atoms with van der Waals surface area (Å²) in [4.78, 5) is 14.3. The second-order valence-electron chi connectivity index (χ2n) is 5.47. The fourth-order valence-corrected chi connectivity index (χ4v) is 2.76. The quantitative estimate of drug-likeness (QED) is 0.671. The molecule has 0 saturated heterocycles. The lowest BCUT2D eigenvalue weighted by atomic mass is 10.2. The van der Waals surface area contributed by atoms with Gasteiger partial charge in [0.15, 0.2) is 12.1 Å². The van der Waals surface area contributed by atoms with Crippen LogP contribution >= 0.6 is 0 Å². The SMILES string of the molecule is CCOc1ccc2[nH]c3c(N(C)CC(OC)OC)ncnc3c2c1. The number of ether oxygens (including phenoxy) is 3. The lowest BCUT2D eigenvalue weighted by molar-refractivity contribution is -0.0944. The maximum absolute atomic E-state index is 5.59. The van der Waals surface area contributed by atoms with Crippen LogP contribution in [0.25, 0.3) is 21.9 Å². The van der Waals surface area contributed by atoms with Crippen molar-refractivity contribution >= 4 is 27.8 Å². The number of nitrogens with one attached hydrogen (secondary N) is 1. The van der Waals surface area contributed by atoms with Crippen LogP contribution in [0.1, 0.15) is 6.92 Å². The summed E-state index contributed by atoms with van der Waals surface area (Å²) in [6.07, 6.45) is 1.25. The summed E-state index contributed by atoms with van der Waals surface area (Å²) in [5, 5.41) is 1.02. The van der Waals surface area contributed by atoms with Crippen molar-refractivity contribution in [3.63, 3.8) is 0 Å². The van der Waals surface area contributed by atoms with Crippen molar-refractivity contribution in [3.05, 3.63) is 24.5 Å².